The number of nitrogens with one attached hydrogen (secondary N) is 2. The van der Waals surface area contributed by atoms with E-state index in [2.05, 4.69) is 36.4 Å². The topological polar surface area (TPSA) is 64.7 Å². The van der Waals surface area contributed by atoms with Gasteiger partial charge in [0.15, 0.2) is 0 Å². The second kappa shape index (κ2) is 8.30. The molecule has 148 valence electrons. The van der Waals surface area contributed by atoms with Gasteiger partial charge in [-0.3, -0.25) is 4.79 Å². The zero-order valence-electron chi connectivity index (χ0n) is 16.7. The number of hydrogen-bond acceptors (Lipinski definition) is 3. The molecule has 1 aromatic carbocycles. The van der Waals surface area contributed by atoms with E-state index in [-0.39, 0.29) is 18.0 Å². The number of carbonyl (C=O) groups excluding carboxylic acids is 2. The minimum atomic E-state index is -0.433. The Labute approximate surface area is 162 Å². The molecule has 3 rings (SSSR count). The molecule has 0 radical (unpaired) electrons. The zero-order chi connectivity index (χ0) is 19.4. The summed E-state index contributed by atoms with van der Waals surface area (Å²) in [4.78, 5) is 30.0. The Hall–Kier alpha value is -2.08. The van der Waals surface area contributed by atoms with E-state index in [0.717, 1.165) is 25.1 Å². The SMILES string of the molecule is CC(C)CNC(=O)N1CC[C@H]2N(C)CC[C@@]2(C(=O)Nc2ccccc2)CC1. The van der Waals surface area contributed by atoms with Crippen LogP contribution in [0.15, 0.2) is 30.3 Å². The zero-order valence-corrected chi connectivity index (χ0v) is 16.7. The third-order valence-electron chi connectivity index (χ3n) is 6.01. The Kier molecular flexibility index (Phi) is 6.05. The Morgan fingerprint density at radius 1 is 1.15 bits per heavy atom. The van der Waals surface area contributed by atoms with Gasteiger partial charge in [-0.25, -0.2) is 4.79 Å². The van der Waals surface area contributed by atoms with Crippen molar-refractivity contribution in [2.75, 3.05) is 38.5 Å². The maximum atomic E-state index is 13.3. The molecule has 2 aliphatic rings. The second-order valence-corrected chi connectivity index (χ2v) is 8.33. The number of hydrogen-bond donors (Lipinski definition) is 2. The van der Waals surface area contributed by atoms with Crippen molar-refractivity contribution in [3.63, 3.8) is 0 Å². The maximum Gasteiger partial charge on any atom is 0.317 e. The van der Waals surface area contributed by atoms with Crippen LogP contribution in [-0.4, -0.2) is 61.0 Å². The monoisotopic (exact) mass is 372 g/mol. The van der Waals surface area contributed by atoms with Crippen molar-refractivity contribution in [1.29, 1.82) is 0 Å². The van der Waals surface area contributed by atoms with E-state index in [0.29, 0.717) is 32.0 Å². The maximum absolute atomic E-state index is 13.3. The number of likely N-dealkylation sites (tertiary alicyclic amines) is 2. The standard InChI is InChI=1S/C21H32N4O2/c1-16(2)15-22-20(27)25-12-9-18-21(11-14-25,10-13-24(18)3)19(26)23-17-7-5-4-6-8-17/h4-8,16,18H,9-15H2,1-3H3,(H,22,27)(H,23,26)/t18-,21-/m1/s1. The molecule has 2 N–H and O–H groups in total. The molecule has 2 fully saturated rings. The third-order valence-corrected chi connectivity index (χ3v) is 6.01. The fourth-order valence-corrected chi connectivity index (χ4v) is 4.39. The molecule has 27 heavy (non-hydrogen) atoms. The van der Waals surface area contributed by atoms with E-state index >= 15 is 0 Å². The molecule has 2 heterocycles. The van der Waals surface area contributed by atoms with Gasteiger partial charge in [0.1, 0.15) is 0 Å². The van der Waals surface area contributed by atoms with Crippen molar-refractivity contribution in [2.45, 2.75) is 39.2 Å². The lowest BCUT2D eigenvalue weighted by atomic mass is 9.75. The van der Waals surface area contributed by atoms with Gasteiger partial charge < -0.3 is 20.4 Å². The van der Waals surface area contributed by atoms with Crippen molar-refractivity contribution < 1.29 is 9.59 Å². The van der Waals surface area contributed by atoms with E-state index in [1.54, 1.807) is 0 Å². The van der Waals surface area contributed by atoms with Crippen molar-refractivity contribution >= 4 is 17.6 Å². The number of para-hydroxylation sites is 1. The lowest BCUT2D eigenvalue weighted by Gasteiger charge is -2.34. The summed E-state index contributed by atoms with van der Waals surface area (Å²) in [5.41, 5.74) is 0.401. The van der Waals surface area contributed by atoms with Gasteiger partial charge in [0.05, 0.1) is 5.41 Å². The van der Waals surface area contributed by atoms with Crippen LogP contribution in [0.2, 0.25) is 0 Å². The molecule has 2 atom stereocenters. The van der Waals surface area contributed by atoms with Gasteiger partial charge in [-0.1, -0.05) is 32.0 Å². The molecule has 1 aromatic rings. The molecule has 0 aromatic heterocycles. The molecule has 6 nitrogen and oxygen atoms in total. The fraction of sp³-hybridized carbons (Fsp3) is 0.619. The quantitative estimate of drug-likeness (QED) is 0.854. The van der Waals surface area contributed by atoms with Crippen LogP contribution in [0.4, 0.5) is 10.5 Å². The Morgan fingerprint density at radius 2 is 1.85 bits per heavy atom. The normalized spacial score (nSPS) is 25.8. The van der Waals surface area contributed by atoms with Crippen LogP contribution < -0.4 is 10.6 Å². The Bertz CT molecular complexity index is 663. The van der Waals surface area contributed by atoms with Gasteiger partial charge >= 0.3 is 6.03 Å². The first-order valence-electron chi connectivity index (χ1n) is 10.0. The van der Waals surface area contributed by atoms with Gasteiger partial charge in [-0.05, 0) is 50.9 Å². The van der Waals surface area contributed by atoms with Crippen molar-refractivity contribution in [3.05, 3.63) is 30.3 Å². The van der Waals surface area contributed by atoms with Crippen LogP contribution in [0.5, 0.6) is 0 Å². The predicted molar refractivity (Wildman–Crippen MR) is 108 cm³/mol. The highest BCUT2D eigenvalue weighted by Gasteiger charge is 2.52. The molecule has 0 unspecified atom stereocenters. The minimum Gasteiger partial charge on any atom is -0.338 e. The van der Waals surface area contributed by atoms with Gasteiger partial charge in [0.25, 0.3) is 0 Å². The van der Waals surface area contributed by atoms with Gasteiger partial charge in [0.2, 0.25) is 5.91 Å². The van der Waals surface area contributed by atoms with E-state index in [1.165, 1.54) is 0 Å². The van der Waals surface area contributed by atoms with Crippen LogP contribution in [0.3, 0.4) is 0 Å². The number of anilines is 1. The summed E-state index contributed by atoms with van der Waals surface area (Å²) in [6.07, 6.45) is 2.37. The highest BCUT2D eigenvalue weighted by molar-refractivity contribution is 5.96. The Morgan fingerprint density at radius 3 is 2.56 bits per heavy atom. The Balaban J connectivity index is 1.73. The predicted octanol–water partition coefficient (Wildman–Crippen LogP) is 2.78. The lowest BCUT2D eigenvalue weighted by Crippen LogP contribution is -2.46. The molecule has 2 saturated heterocycles. The molecule has 3 amide bonds. The number of urea groups is 1. The van der Waals surface area contributed by atoms with E-state index in [4.69, 9.17) is 0 Å². The first kappa shape index (κ1) is 19.7. The molecule has 0 saturated carbocycles. The highest BCUT2D eigenvalue weighted by atomic mass is 16.2. The molecule has 0 aliphatic carbocycles. The van der Waals surface area contributed by atoms with Gasteiger partial charge in [0, 0.05) is 31.4 Å². The summed E-state index contributed by atoms with van der Waals surface area (Å²) >= 11 is 0. The lowest BCUT2D eigenvalue weighted by molar-refractivity contribution is -0.127. The number of amides is 3. The number of rotatable bonds is 4. The van der Waals surface area contributed by atoms with Crippen LogP contribution in [0.25, 0.3) is 0 Å². The smallest absolute Gasteiger partial charge is 0.317 e. The van der Waals surface area contributed by atoms with Crippen LogP contribution in [0.1, 0.15) is 33.1 Å². The first-order chi connectivity index (χ1) is 12.9. The van der Waals surface area contributed by atoms with E-state index in [9.17, 15) is 9.59 Å². The third kappa shape index (κ3) is 4.26. The molecular weight excluding hydrogens is 340 g/mol. The van der Waals surface area contributed by atoms with Gasteiger partial charge in [-0.2, -0.15) is 0 Å². The average Bonchev–Trinajstić information content (AvgIpc) is 2.85. The number of carbonyl (C=O) groups is 2. The largest absolute Gasteiger partial charge is 0.338 e. The summed E-state index contributed by atoms with van der Waals surface area (Å²) in [7, 11) is 2.09. The van der Waals surface area contributed by atoms with Crippen molar-refractivity contribution in [2.24, 2.45) is 11.3 Å². The van der Waals surface area contributed by atoms with Crippen LogP contribution in [-0.2, 0) is 4.79 Å². The summed E-state index contributed by atoms with van der Waals surface area (Å²) in [5, 5.41) is 6.13. The number of fused-ring (bicyclic) bond motifs is 1. The summed E-state index contributed by atoms with van der Waals surface area (Å²) in [5.74, 6) is 0.516. The van der Waals surface area contributed by atoms with Crippen molar-refractivity contribution in [1.82, 2.24) is 15.1 Å². The minimum absolute atomic E-state index is 0.00931. The highest BCUT2D eigenvalue weighted by Crippen LogP contribution is 2.43. The molecular formula is C21H32N4O2. The molecule has 0 spiro atoms. The first-order valence-corrected chi connectivity index (χ1v) is 10.0. The average molecular weight is 373 g/mol. The summed E-state index contributed by atoms with van der Waals surface area (Å²) in [6, 6.07) is 9.81. The molecule has 0 bridgehead atoms. The number of nitrogens with zero attached hydrogens (tertiary/aromatic N) is 2. The van der Waals surface area contributed by atoms with Crippen molar-refractivity contribution in [3.8, 4) is 0 Å². The number of benzene rings is 1. The van der Waals surface area contributed by atoms with Gasteiger partial charge in [-0.15, -0.1) is 0 Å². The van der Waals surface area contributed by atoms with E-state index < -0.39 is 5.41 Å². The summed E-state index contributed by atoms with van der Waals surface area (Å²) < 4.78 is 0. The molecule has 2 aliphatic heterocycles. The summed E-state index contributed by atoms with van der Waals surface area (Å²) in [6.45, 7) is 7.09. The van der Waals surface area contributed by atoms with E-state index in [1.807, 2.05) is 35.2 Å². The fourth-order valence-electron chi connectivity index (χ4n) is 4.39. The van der Waals surface area contributed by atoms with Crippen LogP contribution in [0, 0.1) is 11.3 Å². The molecule has 6 heteroatoms. The second-order valence-electron chi connectivity index (χ2n) is 8.33. The van der Waals surface area contributed by atoms with Crippen LogP contribution >= 0.6 is 0 Å².